The summed E-state index contributed by atoms with van der Waals surface area (Å²) in [6, 6.07) is 4.00. The van der Waals surface area contributed by atoms with Gasteiger partial charge in [-0.1, -0.05) is 31.7 Å². The average Bonchev–Trinajstić information content (AvgIpc) is 3.08. The topological polar surface area (TPSA) is 105 Å². The maximum Gasteiger partial charge on any atom is 0.222 e. The first-order valence-corrected chi connectivity index (χ1v) is 11.7. The lowest BCUT2D eigenvalue weighted by Crippen LogP contribution is -2.42. The Labute approximate surface area is 186 Å². The molecule has 2 aliphatic rings. The summed E-state index contributed by atoms with van der Waals surface area (Å²) >= 11 is 0. The first-order chi connectivity index (χ1) is 15.2. The molecule has 0 spiro atoms. The number of anilines is 1. The summed E-state index contributed by atoms with van der Waals surface area (Å²) in [7, 11) is 1.77. The van der Waals surface area contributed by atoms with Crippen LogP contribution in [0.25, 0.3) is 0 Å². The molecule has 0 aromatic carbocycles. The molecule has 1 saturated heterocycles. The van der Waals surface area contributed by atoms with Gasteiger partial charge in [0.2, 0.25) is 5.91 Å². The Hall–Kier alpha value is -2.35. The van der Waals surface area contributed by atoms with E-state index in [9.17, 15) is 4.79 Å². The second-order valence-electron chi connectivity index (χ2n) is 8.51. The van der Waals surface area contributed by atoms with Gasteiger partial charge in [0.15, 0.2) is 5.96 Å². The highest BCUT2D eigenvalue weighted by Crippen LogP contribution is 2.24. The smallest absolute Gasteiger partial charge is 0.222 e. The van der Waals surface area contributed by atoms with Crippen molar-refractivity contribution >= 4 is 17.7 Å². The molecule has 0 radical (unpaired) electrons. The SMILES string of the molecule is CN=C(NCCOC1CCCCCC1)NCc1cccnc1N1CCCC(C(N)=O)C1. The van der Waals surface area contributed by atoms with Gasteiger partial charge in [0.05, 0.1) is 18.6 Å². The molecule has 2 fully saturated rings. The Kier molecular flexibility index (Phi) is 9.39. The molecule has 1 amide bonds. The van der Waals surface area contributed by atoms with Gasteiger partial charge in [0, 0.05) is 45.0 Å². The molecule has 1 unspecified atom stereocenters. The number of nitrogens with one attached hydrogen (secondary N) is 2. The predicted molar refractivity (Wildman–Crippen MR) is 124 cm³/mol. The normalized spacial score (nSPS) is 20.9. The van der Waals surface area contributed by atoms with Crippen LogP contribution >= 0.6 is 0 Å². The number of hydrogen-bond acceptors (Lipinski definition) is 5. The number of hydrogen-bond donors (Lipinski definition) is 3. The van der Waals surface area contributed by atoms with Crippen LogP contribution in [0.2, 0.25) is 0 Å². The van der Waals surface area contributed by atoms with Crippen LogP contribution in [0.3, 0.4) is 0 Å². The van der Waals surface area contributed by atoms with Gasteiger partial charge in [0.25, 0.3) is 0 Å². The van der Waals surface area contributed by atoms with Crippen LogP contribution in [0, 0.1) is 5.92 Å². The van der Waals surface area contributed by atoms with Crippen molar-refractivity contribution in [2.24, 2.45) is 16.6 Å². The van der Waals surface area contributed by atoms with Gasteiger partial charge in [-0.25, -0.2) is 4.98 Å². The van der Waals surface area contributed by atoms with Crippen LogP contribution < -0.4 is 21.3 Å². The van der Waals surface area contributed by atoms with Crippen LogP contribution in [0.15, 0.2) is 23.3 Å². The number of aliphatic imine (C=N–C) groups is 1. The molecular weight excluding hydrogens is 392 g/mol. The molecule has 0 bridgehead atoms. The van der Waals surface area contributed by atoms with E-state index in [0.29, 0.717) is 25.8 Å². The molecule has 8 heteroatoms. The number of ether oxygens (including phenoxy) is 1. The highest BCUT2D eigenvalue weighted by molar-refractivity contribution is 5.80. The summed E-state index contributed by atoms with van der Waals surface area (Å²) < 4.78 is 6.05. The van der Waals surface area contributed by atoms with Crippen LogP contribution in [-0.4, -0.2) is 56.2 Å². The molecule has 4 N–H and O–H groups in total. The maximum absolute atomic E-state index is 11.6. The van der Waals surface area contributed by atoms with Crippen molar-refractivity contribution < 1.29 is 9.53 Å². The van der Waals surface area contributed by atoms with E-state index in [1.54, 1.807) is 13.2 Å². The second-order valence-corrected chi connectivity index (χ2v) is 8.51. The van der Waals surface area contributed by atoms with Crippen LogP contribution in [0.4, 0.5) is 5.82 Å². The number of aromatic nitrogens is 1. The van der Waals surface area contributed by atoms with Crippen LogP contribution in [-0.2, 0) is 16.1 Å². The highest BCUT2D eigenvalue weighted by Gasteiger charge is 2.26. The maximum atomic E-state index is 11.6. The summed E-state index contributed by atoms with van der Waals surface area (Å²) in [5.74, 6) is 1.32. The Morgan fingerprint density at radius 2 is 2.03 bits per heavy atom. The number of pyridine rings is 1. The van der Waals surface area contributed by atoms with E-state index >= 15 is 0 Å². The minimum atomic E-state index is -0.226. The van der Waals surface area contributed by atoms with E-state index < -0.39 is 0 Å². The molecule has 1 saturated carbocycles. The summed E-state index contributed by atoms with van der Waals surface area (Å²) in [5, 5.41) is 6.71. The molecule has 1 aromatic rings. The summed E-state index contributed by atoms with van der Waals surface area (Å²) in [5.41, 5.74) is 6.62. The fraction of sp³-hybridized carbons (Fsp3) is 0.696. The van der Waals surface area contributed by atoms with E-state index in [0.717, 1.165) is 43.3 Å². The van der Waals surface area contributed by atoms with E-state index in [2.05, 4.69) is 31.6 Å². The zero-order valence-corrected chi connectivity index (χ0v) is 18.8. The zero-order valence-electron chi connectivity index (χ0n) is 18.8. The third kappa shape index (κ3) is 7.38. The average molecular weight is 431 g/mol. The minimum Gasteiger partial charge on any atom is -0.376 e. The Balaban J connectivity index is 1.46. The number of nitrogens with zero attached hydrogens (tertiary/aromatic N) is 3. The second kappa shape index (κ2) is 12.5. The summed E-state index contributed by atoms with van der Waals surface area (Å²) in [4.78, 5) is 22.7. The number of nitrogens with two attached hydrogens (primary N) is 1. The number of carbonyl (C=O) groups excluding carboxylic acids is 1. The molecule has 172 valence electrons. The predicted octanol–water partition coefficient (Wildman–Crippen LogP) is 2.19. The monoisotopic (exact) mass is 430 g/mol. The first-order valence-electron chi connectivity index (χ1n) is 11.7. The fourth-order valence-corrected chi connectivity index (χ4v) is 4.46. The van der Waals surface area contributed by atoms with Gasteiger partial charge in [-0.15, -0.1) is 0 Å². The molecular formula is C23H38N6O2. The lowest BCUT2D eigenvalue weighted by Gasteiger charge is -2.33. The quantitative estimate of drug-likeness (QED) is 0.253. The molecule has 1 atom stereocenters. The molecule has 1 aliphatic carbocycles. The highest BCUT2D eigenvalue weighted by atomic mass is 16.5. The van der Waals surface area contributed by atoms with Crippen molar-refractivity contribution in [1.82, 2.24) is 15.6 Å². The lowest BCUT2D eigenvalue weighted by molar-refractivity contribution is -0.122. The molecule has 3 rings (SSSR count). The van der Waals surface area contributed by atoms with E-state index in [-0.39, 0.29) is 11.8 Å². The van der Waals surface area contributed by atoms with E-state index in [4.69, 9.17) is 10.5 Å². The third-order valence-corrected chi connectivity index (χ3v) is 6.21. The summed E-state index contributed by atoms with van der Waals surface area (Å²) in [6.07, 6.45) is 11.6. The number of rotatable bonds is 8. The fourth-order valence-electron chi connectivity index (χ4n) is 4.46. The Bertz CT molecular complexity index is 718. The van der Waals surface area contributed by atoms with Crippen LogP contribution in [0.1, 0.15) is 56.9 Å². The Morgan fingerprint density at radius 3 is 2.77 bits per heavy atom. The summed E-state index contributed by atoms with van der Waals surface area (Å²) in [6.45, 7) is 3.53. The largest absolute Gasteiger partial charge is 0.376 e. The number of primary amides is 1. The molecule has 31 heavy (non-hydrogen) atoms. The lowest BCUT2D eigenvalue weighted by atomic mass is 9.97. The van der Waals surface area contributed by atoms with Gasteiger partial charge in [-0.05, 0) is 31.7 Å². The third-order valence-electron chi connectivity index (χ3n) is 6.21. The molecule has 2 heterocycles. The number of carbonyl (C=O) groups is 1. The standard InChI is InChI=1S/C23H38N6O2/c1-25-23(27-13-15-31-20-10-4-2-3-5-11-20)28-16-18-8-6-12-26-22(18)29-14-7-9-19(17-29)21(24)30/h6,8,12,19-20H,2-5,7,9-11,13-17H2,1H3,(H2,24,30)(H2,25,27,28). The van der Waals surface area contributed by atoms with Crippen molar-refractivity contribution in [3.05, 3.63) is 23.9 Å². The van der Waals surface area contributed by atoms with Gasteiger partial charge in [0.1, 0.15) is 5.82 Å². The molecule has 1 aromatic heterocycles. The van der Waals surface area contributed by atoms with Crippen LogP contribution in [0.5, 0.6) is 0 Å². The van der Waals surface area contributed by atoms with Crippen molar-refractivity contribution in [2.75, 3.05) is 38.2 Å². The molecule has 1 aliphatic heterocycles. The number of piperidine rings is 1. The molecule has 8 nitrogen and oxygen atoms in total. The number of guanidine groups is 1. The number of amides is 1. The zero-order chi connectivity index (χ0) is 21.9. The Morgan fingerprint density at radius 1 is 1.23 bits per heavy atom. The van der Waals surface area contributed by atoms with Crippen molar-refractivity contribution in [2.45, 2.75) is 64.0 Å². The van der Waals surface area contributed by atoms with Gasteiger partial charge in [-0.2, -0.15) is 0 Å². The van der Waals surface area contributed by atoms with Gasteiger partial charge < -0.3 is 26.0 Å². The van der Waals surface area contributed by atoms with Crippen molar-refractivity contribution in [1.29, 1.82) is 0 Å². The van der Waals surface area contributed by atoms with E-state index in [1.165, 1.54) is 38.5 Å². The van der Waals surface area contributed by atoms with E-state index in [1.807, 2.05) is 6.07 Å². The van der Waals surface area contributed by atoms with Gasteiger partial charge in [-0.3, -0.25) is 9.79 Å². The van der Waals surface area contributed by atoms with Crippen molar-refractivity contribution in [3.8, 4) is 0 Å². The minimum absolute atomic E-state index is 0.112. The van der Waals surface area contributed by atoms with Crippen molar-refractivity contribution in [3.63, 3.8) is 0 Å². The van der Waals surface area contributed by atoms with Gasteiger partial charge >= 0.3 is 0 Å². The first kappa shape index (κ1) is 23.3.